The van der Waals surface area contributed by atoms with Crippen LogP contribution < -0.4 is 10.6 Å². The normalized spacial score (nSPS) is 10.8. The summed E-state index contributed by atoms with van der Waals surface area (Å²) in [5.41, 5.74) is 4.09. The van der Waals surface area contributed by atoms with E-state index in [4.69, 9.17) is 0 Å². The minimum atomic E-state index is 0.966. The highest BCUT2D eigenvalue weighted by molar-refractivity contribution is 14.1. The number of nitrogens with one attached hydrogen (secondary N) is 2. The van der Waals surface area contributed by atoms with Gasteiger partial charge in [-0.1, -0.05) is 60.9 Å². The first-order chi connectivity index (χ1) is 9.79. The van der Waals surface area contributed by atoms with E-state index in [2.05, 4.69) is 65.3 Å². The smallest absolute Gasteiger partial charge is 0.0373 e. The summed E-state index contributed by atoms with van der Waals surface area (Å²) in [4.78, 5) is 0. The first-order valence-electron chi connectivity index (χ1n) is 7.88. The number of hydrogen-bond donors (Lipinski definition) is 2. The van der Waals surface area contributed by atoms with Gasteiger partial charge < -0.3 is 10.6 Å². The molecule has 0 saturated carbocycles. The van der Waals surface area contributed by atoms with Crippen LogP contribution >= 0.6 is 22.6 Å². The molecule has 0 aliphatic rings. The molecular weight excluding hydrogens is 359 g/mol. The molecule has 0 amide bonds. The molecule has 0 radical (unpaired) electrons. The zero-order valence-corrected chi connectivity index (χ0v) is 15.1. The van der Waals surface area contributed by atoms with Gasteiger partial charge in [0.15, 0.2) is 0 Å². The Bertz CT molecular complexity index is 366. The van der Waals surface area contributed by atoms with Crippen LogP contribution in [0.5, 0.6) is 0 Å². The maximum absolute atomic E-state index is 3.59. The summed E-state index contributed by atoms with van der Waals surface area (Å²) in [5.74, 6) is 0. The number of hydrogen-bond acceptors (Lipinski definition) is 2. The van der Waals surface area contributed by atoms with Gasteiger partial charge in [0.05, 0.1) is 0 Å². The lowest BCUT2D eigenvalue weighted by Gasteiger charge is -2.13. The molecule has 1 aromatic rings. The van der Waals surface area contributed by atoms with Crippen molar-refractivity contribution in [3.05, 3.63) is 29.3 Å². The molecule has 0 aliphatic carbocycles. The minimum Gasteiger partial charge on any atom is -0.385 e. The summed E-state index contributed by atoms with van der Waals surface area (Å²) in [5, 5.41) is 6.99. The van der Waals surface area contributed by atoms with Gasteiger partial charge in [0.2, 0.25) is 0 Å². The quantitative estimate of drug-likeness (QED) is 0.320. The number of rotatable bonds is 11. The Morgan fingerprint density at radius 3 is 2.55 bits per heavy atom. The lowest BCUT2D eigenvalue weighted by atomic mass is 10.1. The molecule has 1 aromatic carbocycles. The molecule has 0 atom stereocenters. The van der Waals surface area contributed by atoms with E-state index < -0.39 is 0 Å². The predicted molar refractivity (Wildman–Crippen MR) is 99.0 cm³/mol. The second kappa shape index (κ2) is 11.4. The summed E-state index contributed by atoms with van der Waals surface area (Å²) in [7, 11) is 0. The molecule has 0 fully saturated rings. The molecule has 2 nitrogen and oxygen atoms in total. The minimum absolute atomic E-state index is 0.966. The van der Waals surface area contributed by atoms with Crippen LogP contribution in [0, 0.1) is 6.92 Å². The fourth-order valence-electron chi connectivity index (χ4n) is 2.30. The summed E-state index contributed by atoms with van der Waals surface area (Å²) in [6, 6.07) is 6.57. The number of alkyl halides is 1. The average molecular weight is 388 g/mol. The van der Waals surface area contributed by atoms with Crippen LogP contribution in [0.1, 0.15) is 50.2 Å². The van der Waals surface area contributed by atoms with E-state index in [9.17, 15) is 0 Å². The van der Waals surface area contributed by atoms with Crippen molar-refractivity contribution < 1.29 is 0 Å². The maximum atomic E-state index is 3.59. The lowest BCUT2D eigenvalue weighted by molar-refractivity contribution is 0.650. The zero-order chi connectivity index (χ0) is 14.6. The van der Waals surface area contributed by atoms with Crippen LogP contribution in [0.4, 0.5) is 5.69 Å². The van der Waals surface area contributed by atoms with Gasteiger partial charge in [0.1, 0.15) is 0 Å². The lowest BCUT2D eigenvalue weighted by Crippen LogP contribution is -2.13. The monoisotopic (exact) mass is 388 g/mol. The van der Waals surface area contributed by atoms with Crippen LogP contribution in [0.15, 0.2) is 18.2 Å². The molecule has 3 heteroatoms. The zero-order valence-electron chi connectivity index (χ0n) is 13.0. The third-order valence-corrected chi connectivity index (χ3v) is 4.40. The molecule has 1 rings (SSSR count). The molecule has 0 aromatic heterocycles. The molecule has 114 valence electrons. The van der Waals surface area contributed by atoms with Crippen LogP contribution in [-0.4, -0.2) is 17.5 Å². The average Bonchev–Trinajstić information content (AvgIpc) is 2.46. The van der Waals surface area contributed by atoms with Crippen molar-refractivity contribution in [2.45, 2.75) is 52.5 Å². The van der Waals surface area contributed by atoms with E-state index in [0.717, 1.165) is 19.6 Å². The van der Waals surface area contributed by atoms with Crippen molar-refractivity contribution in [2.75, 3.05) is 22.8 Å². The van der Waals surface area contributed by atoms with Crippen molar-refractivity contribution in [1.82, 2.24) is 5.32 Å². The molecule has 2 N–H and O–H groups in total. The molecule has 0 saturated heterocycles. The van der Waals surface area contributed by atoms with E-state index >= 15 is 0 Å². The third kappa shape index (κ3) is 6.93. The Morgan fingerprint density at radius 2 is 1.80 bits per heavy atom. The SMILES string of the molecule is CCNCc1cccc(NCCCCCCCI)c1C. The van der Waals surface area contributed by atoms with Gasteiger partial charge in [-0.05, 0) is 47.9 Å². The molecule has 0 heterocycles. The second-order valence-electron chi connectivity index (χ2n) is 5.25. The van der Waals surface area contributed by atoms with Crippen molar-refractivity contribution in [3.8, 4) is 0 Å². The Balaban J connectivity index is 2.29. The highest BCUT2D eigenvalue weighted by Gasteiger charge is 2.02. The number of unbranched alkanes of at least 4 members (excludes halogenated alkanes) is 4. The Labute approximate surface area is 138 Å². The van der Waals surface area contributed by atoms with Crippen molar-refractivity contribution in [2.24, 2.45) is 0 Å². The van der Waals surface area contributed by atoms with E-state index in [-0.39, 0.29) is 0 Å². The summed E-state index contributed by atoms with van der Waals surface area (Å²) in [6.07, 6.45) is 6.77. The van der Waals surface area contributed by atoms with E-state index in [1.165, 1.54) is 53.3 Å². The van der Waals surface area contributed by atoms with Gasteiger partial charge in [-0.3, -0.25) is 0 Å². The Hall–Kier alpha value is -0.290. The van der Waals surface area contributed by atoms with Gasteiger partial charge in [0.25, 0.3) is 0 Å². The summed E-state index contributed by atoms with van der Waals surface area (Å²) >= 11 is 2.46. The molecule has 0 bridgehead atoms. The molecular formula is C17H29IN2. The number of anilines is 1. The second-order valence-corrected chi connectivity index (χ2v) is 6.33. The number of halogens is 1. The standard InChI is InChI=1S/C17H29IN2/c1-3-19-14-16-10-9-11-17(15(16)2)20-13-8-6-4-5-7-12-18/h9-11,19-20H,3-8,12-14H2,1-2H3. The topological polar surface area (TPSA) is 24.1 Å². The largest absolute Gasteiger partial charge is 0.385 e. The van der Waals surface area contributed by atoms with Crippen molar-refractivity contribution in [1.29, 1.82) is 0 Å². The highest BCUT2D eigenvalue weighted by atomic mass is 127. The number of benzene rings is 1. The maximum Gasteiger partial charge on any atom is 0.0373 e. The van der Waals surface area contributed by atoms with E-state index in [1.54, 1.807) is 0 Å². The van der Waals surface area contributed by atoms with Gasteiger partial charge in [-0.15, -0.1) is 0 Å². The fraction of sp³-hybridized carbons (Fsp3) is 0.647. The van der Waals surface area contributed by atoms with Crippen molar-refractivity contribution >= 4 is 28.3 Å². The van der Waals surface area contributed by atoms with Crippen molar-refractivity contribution in [3.63, 3.8) is 0 Å². The highest BCUT2D eigenvalue weighted by Crippen LogP contribution is 2.19. The fourth-order valence-corrected chi connectivity index (χ4v) is 2.84. The Kier molecular flexibility index (Phi) is 10.1. The summed E-state index contributed by atoms with van der Waals surface area (Å²) in [6.45, 7) is 7.45. The van der Waals surface area contributed by atoms with Crippen LogP contribution in [0.2, 0.25) is 0 Å². The molecule has 0 aliphatic heterocycles. The third-order valence-electron chi connectivity index (χ3n) is 3.64. The predicted octanol–water partition coefficient (Wildman–Crippen LogP) is 4.90. The summed E-state index contributed by atoms with van der Waals surface area (Å²) < 4.78 is 1.30. The Morgan fingerprint density at radius 1 is 1.05 bits per heavy atom. The van der Waals surface area contributed by atoms with Gasteiger partial charge in [0, 0.05) is 18.8 Å². The van der Waals surface area contributed by atoms with E-state index in [1.807, 2.05) is 0 Å². The molecule has 20 heavy (non-hydrogen) atoms. The first kappa shape index (κ1) is 17.8. The molecule has 0 unspecified atom stereocenters. The molecule has 0 spiro atoms. The first-order valence-corrected chi connectivity index (χ1v) is 9.41. The van der Waals surface area contributed by atoms with Crippen LogP contribution in [-0.2, 0) is 6.54 Å². The van der Waals surface area contributed by atoms with Crippen LogP contribution in [0.25, 0.3) is 0 Å². The van der Waals surface area contributed by atoms with Crippen LogP contribution in [0.3, 0.4) is 0 Å². The van der Waals surface area contributed by atoms with Gasteiger partial charge in [-0.2, -0.15) is 0 Å². The van der Waals surface area contributed by atoms with Gasteiger partial charge in [-0.25, -0.2) is 0 Å². The van der Waals surface area contributed by atoms with E-state index in [0.29, 0.717) is 0 Å². The van der Waals surface area contributed by atoms with Gasteiger partial charge >= 0.3 is 0 Å².